The topological polar surface area (TPSA) is 58.6 Å². The number of hydrogen-bond donors (Lipinski definition) is 1. The number of anilines is 2. The number of ether oxygens (including phenoxy) is 1. The van der Waals surface area contributed by atoms with E-state index < -0.39 is 6.10 Å². The molecule has 1 unspecified atom stereocenters. The van der Waals surface area contributed by atoms with Gasteiger partial charge in [-0.3, -0.25) is 9.59 Å². The summed E-state index contributed by atoms with van der Waals surface area (Å²) in [6.07, 6.45) is -0.457. The molecule has 0 aromatic heterocycles. The molecule has 130 valence electrons. The van der Waals surface area contributed by atoms with Gasteiger partial charge in [-0.05, 0) is 49.7 Å². The Morgan fingerprint density at radius 2 is 2.04 bits per heavy atom. The van der Waals surface area contributed by atoms with Crippen LogP contribution in [-0.2, 0) is 9.59 Å². The van der Waals surface area contributed by atoms with Crippen molar-refractivity contribution in [3.63, 3.8) is 0 Å². The second kappa shape index (κ2) is 6.93. The number of para-hydroxylation sites is 2. The standard InChI is InChI=1S/C19H19FN2O3/c1-12-11-14(20)7-8-15(12)21-18(23)9-10-22-16-5-3-4-6-17(16)25-13(2)19(22)24/h3-8,11,13H,9-10H2,1-2H3,(H,21,23). The zero-order valence-electron chi connectivity index (χ0n) is 14.1. The summed E-state index contributed by atoms with van der Waals surface area (Å²) in [5.74, 6) is -0.131. The quantitative estimate of drug-likeness (QED) is 0.928. The van der Waals surface area contributed by atoms with Gasteiger partial charge in [0.25, 0.3) is 5.91 Å². The van der Waals surface area contributed by atoms with E-state index in [1.807, 2.05) is 12.1 Å². The number of aryl methyl sites for hydroxylation is 1. The molecule has 1 heterocycles. The summed E-state index contributed by atoms with van der Waals surface area (Å²) < 4.78 is 18.7. The highest BCUT2D eigenvalue weighted by Gasteiger charge is 2.31. The Hall–Kier alpha value is -2.89. The predicted octanol–water partition coefficient (Wildman–Crippen LogP) is 3.28. The van der Waals surface area contributed by atoms with E-state index in [1.54, 1.807) is 30.9 Å². The summed E-state index contributed by atoms with van der Waals surface area (Å²) >= 11 is 0. The van der Waals surface area contributed by atoms with Gasteiger partial charge in [-0.1, -0.05) is 12.1 Å². The van der Waals surface area contributed by atoms with E-state index in [9.17, 15) is 14.0 Å². The Balaban J connectivity index is 1.68. The van der Waals surface area contributed by atoms with Crippen molar-refractivity contribution >= 4 is 23.2 Å². The van der Waals surface area contributed by atoms with Crippen LogP contribution in [0.4, 0.5) is 15.8 Å². The average molecular weight is 342 g/mol. The zero-order chi connectivity index (χ0) is 18.0. The molecule has 0 saturated heterocycles. The predicted molar refractivity (Wildman–Crippen MR) is 93.3 cm³/mol. The number of halogens is 1. The molecule has 0 radical (unpaired) electrons. The van der Waals surface area contributed by atoms with Crippen LogP contribution in [0.2, 0.25) is 0 Å². The van der Waals surface area contributed by atoms with Gasteiger partial charge in [-0.25, -0.2) is 4.39 Å². The van der Waals surface area contributed by atoms with Gasteiger partial charge < -0.3 is 15.0 Å². The molecule has 6 heteroatoms. The molecule has 0 saturated carbocycles. The minimum Gasteiger partial charge on any atom is -0.479 e. The van der Waals surface area contributed by atoms with E-state index in [0.717, 1.165) is 0 Å². The van der Waals surface area contributed by atoms with Crippen LogP contribution in [0.1, 0.15) is 18.9 Å². The number of rotatable bonds is 4. The molecule has 3 rings (SSSR count). The summed E-state index contributed by atoms with van der Waals surface area (Å²) in [4.78, 5) is 26.2. The molecule has 0 fully saturated rings. The number of benzene rings is 2. The van der Waals surface area contributed by atoms with Gasteiger partial charge in [-0.15, -0.1) is 0 Å². The van der Waals surface area contributed by atoms with Crippen molar-refractivity contribution in [2.24, 2.45) is 0 Å². The van der Waals surface area contributed by atoms with Gasteiger partial charge >= 0.3 is 0 Å². The van der Waals surface area contributed by atoms with Crippen LogP contribution >= 0.6 is 0 Å². The molecular weight excluding hydrogens is 323 g/mol. The highest BCUT2D eigenvalue weighted by Crippen LogP contribution is 2.33. The first-order chi connectivity index (χ1) is 12.0. The van der Waals surface area contributed by atoms with Crippen molar-refractivity contribution in [2.45, 2.75) is 26.4 Å². The van der Waals surface area contributed by atoms with Gasteiger partial charge in [0.2, 0.25) is 5.91 Å². The number of hydrogen-bond acceptors (Lipinski definition) is 3. The smallest absolute Gasteiger partial charge is 0.267 e. The normalized spacial score (nSPS) is 16.2. The van der Waals surface area contributed by atoms with Crippen molar-refractivity contribution in [2.75, 3.05) is 16.8 Å². The van der Waals surface area contributed by atoms with Gasteiger partial charge in [0.05, 0.1) is 5.69 Å². The molecule has 1 N–H and O–H groups in total. The molecule has 0 aliphatic carbocycles. The van der Waals surface area contributed by atoms with Crippen LogP contribution in [-0.4, -0.2) is 24.5 Å². The SMILES string of the molecule is Cc1cc(F)ccc1NC(=O)CCN1C(=O)C(C)Oc2ccccc21. The van der Waals surface area contributed by atoms with E-state index in [2.05, 4.69) is 5.32 Å². The van der Waals surface area contributed by atoms with E-state index in [4.69, 9.17) is 4.74 Å². The van der Waals surface area contributed by atoms with Gasteiger partial charge in [0, 0.05) is 18.7 Å². The summed E-state index contributed by atoms with van der Waals surface area (Å²) in [6, 6.07) is 11.4. The summed E-state index contributed by atoms with van der Waals surface area (Å²) in [5, 5.41) is 2.75. The maximum absolute atomic E-state index is 13.1. The number of fused-ring (bicyclic) bond motifs is 1. The minimum atomic E-state index is -0.586. The minimum absolute atomic E-state index is 0.129. The van der Waals surface area contributed by atoms with Crippen molar-refractivity contribution in [1.82, 2.24) is 0 Å². The average Bonchev–Trinajstić information content (AvgIpc) is 2.58. The molecule has 25 heavy (non-hydrogen) atoms. The Kier molecular flexibility index (Phi) is 4.70. The van der Waals surface area contributed by atoms with Crippen LogP contribution in [0.5, 0.6) is 5.75 Å². The first-order valence-corrected chi connectivity index (χ1v) is 8.09. The Labute approximate surface area is 145 Å². The van der Waals surface area contributed by atoms with E-state index in [-0.39, 0.29) is 30.6 Å². The fourth-order valence-corrected chi connectivity index (χ4v) is 2.78. The molecule has 2 amide bonds. The summed E-state index contributed by atoms with van der Waals surface area (Å²) in [6.45, 7) is 3.66. The molecule has 2 aromatic carbocycles. The fourth-order valence-electron chi connectivity index (χ4n) is 2.78. The maximum atomic E-state index is 13.1. The second-order valence-electron chi connectivity index (χ2n) is 5.98. The number of carbonyl (C=O) groups excluding carboxylic acids is 2. The molecule has 1 atom stereocenters. The first-order valence-electron chi connectivity index (χ1n) is 8.09. The zero-order valence-corrected chi connectivity index (χ0v) is 14.1. The molecule has 2 aromatic rings. The van der Waals surface area contributed by atoms with Crippen molar-refractivity contribution in [3.8, 4) is 5.75 Å². The van der Waals surface area contributed by atoms with Crippen LogP contribution < -0.4 is 15.0 Å². The van der Waals surface area contributed by atoms with Crippen molar-refractivity contribution < 1.29 is 18.7 Å². The van der Waals surface area contributed by atoms with Gasteiger partial charge in [0.15, 0.2) is 6.10 Å². The largest absolute Gasteiger partial charge is 0.479 e. The maximum Gasteiger partial charge on any atom is 0.267 e. The second-order valence-corrected chi connectivity index (χ2v) is 5.98. The van der Waals surface area contributed by atoms with Crippen molar-refractivity contribution in [1.29, 1.82) is 0 Å². The third-order valence-electron chi connectivity index (χ3n) is 4.10. The lowest BCUT2D eigenvalue weighted by atomic mass is 10.1. The number of nitrogens with zero attached hydrogens (tertiary/aromatic N) is 1. The number of nitrogens with one attached hydrogen (secondary N) is 1. The molecule has 5 nitrogen and oxygen atoms in total. The van der Waals surface area contributed by atoms with Crippen LogP contribution in [0.25, 0.3) is 0 Å². The summed E-state index contributed by atoms with van der Waals surface area (Å²) in [5.41, 5.74) is 1.87. The van der Waals surface area contributed by atoms with E-state index in [0.29, 0.717) is 22.7 Å². The highest BCUT2D eigenvalue weighted by molar-refractivity contribution is 6.00. The molecule has 0 bridgehead atoms. The van der Waals surface area contributed by atoms with Crippen LogP contribution in [0, 0.1) is 12.7 Å². The lowest BCUT2D eigenvalue weighted by Crippen LogP contribution is -2.45. The fraction of sp³-hybridized carbons (Fsp3) is 0.263. The Morgan fingerprint density at radius 3 is 2.80 bits per heavy atom. The third kappa shape index (κ3) is 3.63. The van der Waals surface area contributed by atoms with Crippen LogP contribution in [0.15, 0.2) is 42.5 Å². The molecule has 1 aliphatic heterocycles. The van der Waals surface area contributed by atoms with Gasteiger partial charge in [-0.2, -0.15) is 0 Å². The molecular formula is C19H19FN2O3. The Morgan fingerprint density at radius 1 is 1.28 bits per heavy atom. The summed E-state index contributed by atoms with van der Waals surface area (Å²) in [7, 11) is 0. The highest BCUT2D eigenvalue weighted by atomic mass is 19.1. The van der Waals surface area contributed by atoms with Crippen LogP contribution in [0.3, 0.4) is 0 Å². The molecule has 1 aliphatic rings. The lowest BCUT2D eigenvalue weighted by molar-refractivity contribution is -0.125. The number of carbonyl (C=O) groups is 2. The number of amides is 2. The lowest BCUT2D eigenvalue weighted by Gasteiger charge is -2.32. The van der Waals surface area contributed by atoms with Gasteiger partial charge in [0.1, 0.15) is 11.6 Å². The third-order valence-corrected chi connectivity index (χ3v) is 4.10. The van der Waals surface area contributed by atoms with E-state index >= 15 is 0 Å². The molecule has 0 spiro atoms. The Bertz CT molecular complexity index is 822. The van der Waals surface area contributed by atoms with E-state index in [1.165, 1.54) is 18.2 Å². The van der Waals surface area contributed by atoms with Crippen molar-refractivity contribution in [3.05, 3.63) is 53.8 Å². The monoisotopic (exact) mass is 342 g/mol. The first kappa shape index (κ1) is 17.0.